The Balaban J connectivity index is 2.29. The Labute approximate surface area is 114 Å². The highest BCUT2D eigenvalue weighted by Crippen LogP contribution is 2.27. The Bertz CT molecular complexity index is 446. The van der Waals surface area contributed by atoms with Crippen LogP contribution in [0, 0.1) is 0 Å². The smallest absolute Gasteiger partial charge is 0.131 e. The molecule has 0 bridgehead atoms. The molecule has 0 spiro atoms. The largest absolute Gasteiger partial charge is 0.390 e. The molecule has 1 saturated heterocycles. The summed E-state index contributed by atoms with van der Waals surface area (Å²) in [7, 11) is 0. The normalized spacial score (nSPS) is 24.0. The van der Waals surface area contributed by atoms with Gasteiger partial charge in [-0.25, -0.2) is 9.97 Å². The lowest BCUT2D eigenvalue weighted by Gasteiger charge is -2.38. The van der Waals surface area contributed by atoms with Crippen LogP contribution in [0.5, 0.6) is 0 Å². The fourth-order valence-electron chi connectivity index (χ4n) is 2.51. The second-order valence-corrected chi connectivity index (χ2v) is 5.89. The number of hydrogen-bond donors (Lipinski definition) is 2. The molecular formula is C14H23N3O2. The van der Waals surface area contributed by atoms with Gasteiger partial charge in [-0.3, -0.25) is 0 Å². The number of anilines is 1. The highest BCUT2D eigenvalue weighted by Gasteiger charge is 2.29. The molecule has 19 heavy (non-hydrogen) atoms. The van der Waals surface area contributed by atoms with E-state index in [1.54, 1.807) is 6.20 Å². The number of rotatable bonds is 3. The molecule has 1 aliphatic heterocycles. The quantitative estimate of drug-likeness (QED) is 0.865. The average molecular weight is 265 g/mol. The van der Waals surface area contributed by atoms with Crippen LogP contribution < -0.4 is 4.90 Å². The number of hydrogen-bond acceptors (Lipinski definition) is 5. The zero-order valence-electron chi connectivity index (χ0n) is 11.9. The van der Waals surface area contributed by atoms with E-state index in [1.165, 1.54) is 0 Å². The van der Waals surface area contributed by atoms with E-state index in [9.17, 15) is 10.2 Å². The van der Waals surface area contributed by atoms with Crippen LogP contribution in [0.15, 0.2) is 6.20 Å². The van der Waals surface area contributed by atoms with Gasteiger partial charge in [0.1, 0.15) is 5.82 Å². The van der Waals surface area contributed by atoms with Crippen LogP contribution in [-0.4, -0.2) is 38.9 Å². The Morgan fingerprint density at radius 3 is 2.79 bits per heavy atom. The Kier molecular flexibility index (Phi) is 4.06. The second kappa shape index (κ2) is 5.43. The van der Waals surface area contributed by atoms with E-state index in [4.69, 9.17) is 0 Å². The van der Waals surface area contributed by atoms with Crippen molar-refractivity contribution in [2.75, 3.05) is 18.0 Å². The summed E-state index contributed by atoms with van der Waals surface area (Å²) in [5, 5.41) is 19.7. The van der Waals surface area contributed by atoms with E-state index in [-0.39, 0.29) is 12.5 Å². The Morgan fingerprint density at radius 2 is 2.21 bits per heavy atom. The standard InChI is InChI=1S/C14H23N3O2/c1-10(2)13-15-7-12(11(8-18)16-13)17-6-4-5-14(3,19)9-17/h7,10,18-19H,4-6,8-9H2,1-3H3. The Morgan fingerprint density at radius 1 is 1.47 bits per heavy atom. The third-order valence-corrected chi connectivity index (χ3v) is 3.55. The van der Waals surface area contributed by atoms with Gasteiger partial charge in [0.05, 0.1) is 29.8 Å². The van der Waals surface area contributed by atoms with Crippen LogP contribution in [0.1, 0.15) is 51.0 Å². The summed E-state index contributed by atoms with van der Waals surface area (Å²) in [6.07, 6.45) is 3.52. The van der Waals surface area contributed by atoms with Crippen molar-refractivity contribution in [1.82, 2.24) is 9.97 Å². The molecule has 1 fully saturated rings. The fourth-order valence-corrected chi connectivity index (χ4v) is 2.51. The maximum atomic E-state index is 10.2. The molecule has 1 aromatic heterocycles. The molecule has 5 nitrogen and oxygen atoms in total. The second-order valence-electron chi connectivity index (χ2n) is 5.89. The first-order valence-electron chi connectivity index (χ1n) is 6.87. The van der Waals surface area contributed by atoms with Crippen LogP contribution in [0.3, 0.4) is 0 Å². The lowest BCUT2D eigenvalue weighted by Crippen LogP contribution is -2.46. The topological polar surface area (TPSA) is 69.5 Å². The van der Waals surface area contributed by atoms with Gasteiger partial charge in [-0.05, 0) is 19.8 Å². The van der Waals surface area contributed by atoms with Crippen molar-refractivity contribution in [2.24, 2.45) is 0 Å². The van der Waals surface area contributed by atoms with Crippen molar-refractivity contribution in [3.8, 4) is 0 Å². The van der Waals surface area contributed by atoms with Crippen LogP contribution >= 0.6 is 0 Å². The first-order chi connectivity index (χ1) is 8.93. The zero-order valence-corrected chi connectivity index (χ0v) is 11.9. The van der Waals surface area contributed by atoms with Crippen molar-refractivity contribution >= 4 is 5.69 Å². The monoisotopic (exact) mass is 265 g/mol. The maximum absolute atomic E-state index is 10.2. The number of aromatic nitrogens is 2. The van der Waals surface area contributed by atoms with Gasteiger partial charge < -0.3 is 15.1 Å². The van der Waals surface area contributed by atoms with Crippen molar-refractivity contribution < 1.29 is 10.2 Å². The zero-order chi connectivity index (χ0) is 14.0. The van der Waals surface area contributed by atoms with Gasteiger partial charge in [0, 0.05) is 19.0 Å². The number of piperidine rings is 1. The Hall–Kier alpha value is -1.20. The fraction of sp³-hybridized carbons (Fsp3) is 0.714. The SMILES string of the molecule is CC(C)c1ncc(N2CCCC(C)(O)C2)c(CO)n1. The molecule has 2 rings (SSSR count). The van der Waals surface area contributed by atoms with Gasteiger partial charge in [-0.15, -0.1) is 0 Å². The van der Waals surface area contributed by atoms with Crippen LogP contribution in [0.4, 0.5) is 5.69 Å². The van der Waals surface area contributed by atoms with Gasteiger partial charge in [-0.1, -0.05) is 13.8 Å². The summed E-state index contributed by atoms with van der Waals surface area (Å²) in [6.45, 7) is 7.24. The molecule has 2 heterocycles. The minimum atomic E-state index is -0.679. The highest BCUT2D eigenvalue weighted by molar-refractivity contribution is 5.49. The molecule has 2 N–H and O–H groups in total. The van der Waals surface area contributed by atoms with Gasteiger partial charge in [0.25, 0.3) is 0 Å². The summed E-state index contributed by atoms with van der Waals surface area (Å²) in [4.78, 5) is 10.9. The van der Waals surface area contributed by atoms with Gasteiger partial charge in [0.15, 0.2) is 0 Å². The molecule has 0 aliphatic carbocycles. The van der Waals surface area contributed by atoms with Crippen molar-refractivity contribution in [3.05, 3.63) is 17.7 Å². The van der Waals surface area contributed by atoms with Crippen LogP contribution in [-0.2, 0) is 6.61 Å². The summed E-state index contributed by atoms with van der Waals surface area (Å²) < 4.78 is 0. The van der Waals surface area contributed by atoms with Crippen molar-refractivity contribution in [2.45, 2.75) is 51.7 Å². The molecule has 0 saturated carbocycles. The van der Waals surface area contributed by atoms with E-state index < -0.39 is 5.60 Å². The minimum absolute atomic E-state index is 0.101. The predicted octanol–water partition coefficient (Wildman–Crippen LogP) is 1.44. The predicted molar refractivity (Wildman–Crippen MR) is 74.1 cm³/mol. The van der Waals surface area contributed by atoms with Gasteiger partial charge in [0.2, 0.25) is 0 Å². The van der Waals surface area contributed by atoms with E-state index in [0.717, 1.165) is 30.9 Å². The third kappa shape index (κ3) is 3.22. The molecule has 0 radical (unpaired) electrons. The van der Waals surface area contributed by atoms with E-state index in [2.05, 4.69) is 14.9 Å². The summed E-state index contributed by atoms with van der Waals surface area (Å²) in [5.74, 6) is 0.986. The average Bonchev–Trinajstić information content (AvgIpc) is 2.36. The summed E-state index contributed by atoms with van der Waals surface area (Å²) >= 11 is 0. The number of nitrogens with zero attached hydrogens (tertiary/aromatic N) is 3. The van der Waals surface area contributed by atoms with Crippen LogP contribution in [0.25, 0.3) is 0 Å². The first kappa shape index (κ1) is 14.2. The van der Waals surface area contributed by atoms with Gasteiger partial charge in [-0.2, -0.15) is 0 Å². The number of aliphatic hydroxyl groups excluding tert-OH is 1. The molecule has 5 heteroatoms. The first-order valence-corrected chi connectivity index (χ1v) is 6.87. The molecule has 1 aromatic rings. The summed E-state index contributed by atoms with van der Waals surface area (Å²) in [6, 6.07) is 0. The number of aliphatic hydroxyl groups is 2. The van der Waals surface area contributed by atoms with Crippen molar-refractivity contribution in [3.63, 3.8) is 0 Å². The molecule has 1 unspecified atom stereocenters. The lowest BCUT2D eigenvalue weighted by molar-refractivity contribution is 0.0447. The lowest BCUT2D eigenvalue weighted by atomic mass is 9.95. The third-order valence-electron chi connectivity index (χ3n) is 3.55. The molecule has 1 atom stereocenters. The van der Waals surface area contributed by atoms with E-state index in [1.807, 2.05) is 20.8 Å². The summed E-state index contributed by atoms with van der Waals surface area (Å²) in [5.41, 5.74) is 0.810. The number of β-amino-alcohol motifs (C(OH)–C–C–N with tert-alkyl or cyclic N) is 1. The molecule has 0 amide bonds. The highest BCUT2D eigenvalue weighted by atomic mass is 16.3. The molecule has 1 aliphatic rings. The maximum Gasteiger partial charge on any atom is 0.131 e. The molecule has 0 aromatic carbocycles. The van der Waals surface area contributed by atoms with E-state index >= 15 is 0 Å². The van der Waals surface area contributed by atoms with Crippen molar-refractivity contribution in [1.29, 1.82) is 0 Å². The van der Waals surface area contributed by atoms with Crippen LogP contribution in [0.2, 0.25) is 0 Å². The van der Waals surface area contributed by atoms with E-state index in [0.29, 0.717) is 12.2 Å². The minimum Gasteiger partial charge on any atom is -0.390 e. The molecular weight excluding hydrogens is 242 g/mol. The van der Waals surface area contributed by atoms with Gasteiger partial charge >= 0.3 is 0 Å². The molecule has 106 valence electrons.